The lowest BCUT2D eigenvalue weighted by molar-refractivity contribution is 0.0975. The third-order valence-electron chi connectivity index (χ3n) is 4.17. The van der Waals surface area contributed by atoms with E-state index in [1.165, 1.54) is 6.07 Å². The SMILES string of the molecule is C=C(C)COc1ccc(Br)cc1CN(CC)c1ccc(C(=O)NS(=O)(=O)CCC)nn1. The van der Waals surface area contributed by atoms with Gasteiger partial charge < -0.3 is 9.64 Å². The second-order valence-corrected chi connectivity index (χ2v) is 9.80. The highest BCUT2D eigenvalue weighted by Gasteiger charge is 2.18. The number of nitrogens with one attached hydrogen (secondary N) is 1. The number of ether oxygens (including phenoxy) is 1. The van der Waals surface area contributed by atoms with E-state index in [9.17, 15) is 13.2 Å². The molecule has 0 saturated carbocycles. The summed E-state index contributed by atoms with van der Waals surface area (Å²) in [4.78, 5) is 14.1. The summed E-state index contributed by atoms with van der Waals surface area (Å²) < 4.78 is 32.4. The number of rotatable bonds is 11. The molecule has 1 heterocycles. The van der Waals surface area contributed by atoms with Gasteiger partial charge in [-0.3, -0.25) is 4.79 Å². The van der Waals surface area contributed by atoms with E-state index in [-0.39, 0.29) is 11.4 Å². The van der Waals surface area contributed by atoms with Crippen LogP contribution in [0.15, 0.2) is 47.0 Å². The normalized spacial score (nSPS) is 11.1. The Hall–Kier alpha value is -2.46. The van der Waals surface area contributed by atoms with E-state index in [0.717, 1.165) is 21.4 Å². The van der Waals surface area contributed by atoms with Crippen molar-refractivity contribution in [2.45, 2.75) is 33.7 Å². The molecular weight excluding hydrogens is 484 g/mol. The molecule has 0 unspecified atom stereocenters. The molecule has 8 nitrogen and oxygen atoms in total. The Morgan fingerprint density at radius 3 is 2.55 bits per heavy atom. The van der Waals surface area contributed by atoms with Gasteiger partial charge in [0.05, 0.1) is 5.75 Å². The number of sulfonamides is 1. The summed E-state index contributed by atoms with van der Waals surface area (Å²) in [6.45, 7) is 11.0. The second-order valence-electron chi connectivity index (χ2n) is 7.04. The summed E-state index contributed by atoms with van der Waals surface area (Å²) in [5.74, 6) is 0.380. The third-order valence-corrected chi connectivity index (χ3v) is 6.10. The number of benzene rings is 1. The Balaban J connectivity index is 2.18. The number of carbonyl (C=O) groups excluding carboxylic acids is 1. The zero-order valence-electron chi connectivity index (χ0n) is 17.9. The molecule has 0 atom stereocenters. The van der Waals surface area contributed by atoms with Crippen molar-refractivity contribution in [3.05, 3.63) is 58.2 Å². The van der Waals surface area contributed by atoms with Gasteiger partial charge in [-0.15, -0.1) is 10.2 Å². The Bertz CT molecular complexity index is 1030. The molecule has 2 aromatic rings. The maximum Gasteiger partial charge on any atom is 0.285 e. The second kappa shape index (κ2) is 11.2. The van der Waals surface area contributed by atoms with Crippen LogP contribution in [0.1, 0.15) is 43.2 Å². The van der Waals surface area contributed by atoms with Crippen LogP contribution in [0.5, 0.6) is 5.75 Å². The lowest BCUT2D eigenvalue weighted by Crippen LogP contribution is -2.33. The van der Waals surface area contributed by atoms with Crippen LogP contribution in [0, 0.1) is 0 Å². The maximum absolute atomic E-state index is 12.2. The van der Waals surface area contributed by atoms with Gasteiger partial charge in [-0.1, -0.05) is 29.4 Å². The van der Waals surface area contributed by atoms with Crippen LogP contribution in [0.25, 0.3) is 0 Å². The Kier molecular flexibility index (Phi) is 9.00. The highest BCUT2D eigenvalue weighted by Crippen LogP contribution is 2.26. The smallest absolute Gasteiger partial charge is 0.285 e. The fraction of sp³-hybridized carbons (Fsp3) is 0.381. The number of aromatic nitrogens is 2. The molecule has 1 N–H and O–H groups in total. The van der Waals surface area contributed by atoms with Gasteiger partial charge in [-0.05, 0) is 56.2 Å². The predicted molar refractivity (Wildman–Crippen MR) is 125 cm³/mol. The molecule has 0 radical (unpaired) electrons. The van der Waals surface area contributed by atoms with Gasteiger partial charge in [0.25, 0.3) is 5.91 Å². The molecule has 31 heavy (non-hydrogen) atoms. The van der Waals surface area contributed by atoms with Crippen molar-refractivity contribution in [1.82, 2.24) is 14.9 Å². The molecule has 0 saturated heterocycles. The molecule has 1 aromatic carbocycles. The van der Waals surface area contributed by atoms with E-state index in [1.54, 1.807) is 13.0 Å². The van der Waals surface area contributed by atoms with Gasteiger partial charge in [0.15, 0.2) is 11.5 Å². The molecule has 1 aromatic heterocycles. The zero-order valence-corrected chi connectivity index (χ0v) is 20.3. The van der Waals surface area contributed by atoms with Crippen LogP contribution in [-0.2, 0) is 16.6 Å². The molecule has 2 rings (SSSR count). The largest absolute Gasteiger partial charge is 0.489 e. The lowest BCUT2D eigenvalue weighted by atomic mass is 10.2. The summed E-state index contributed by atoms with van der Waals surface area (Å²) in [7, 11) is -3.67. The molecule has 1 amide bonds. The van der Waals surface area contributed by atoms with E-state index < -0.39 is 15.9 Å². The van der Waals surface area contributed by atoms with Crippen molar-refractivity contribution in [3.8, 4) is 5.75 Å². The number of hydrogen-bond donors (Lipinski definition) is 1. The van der Waals surface area contributed by atoms with Crippen LogP contribution in [-0.4, -0.2) is 43.4 Å². The average molecular weight is 511 g/mol. The summed E-state index contributed by atoms with van der Waals surface area (Å²) in [5.41, 5.74) is 1.81. The standard InChI is InChI=1S/C21H27BrN4O4S/c1-5-11-31(28,29)25-21(27)18-8-10-20(24-23-18)26(6-2)13-16-12-17(22)7-9-19(16)30-14-15(3)4/h7-10,12H,3,5-6,11,13-14H2,1-2,4H3,(H,25,27). The van der Waals surface area contributed by atoms with Gasteiger partial charge >= 0.3 is 0 Å². The molecule has 10 heteroatoms. The predicted octanol–water partition coefficient (Wildman–Crippen LogP) is 3.69. The van der Waals surface area contributed by atoms with Crippen molar-refractivity contribution in [3.63, 3.8) is 0 Å². The summed E-state index contributed by atoms with van der Waals surface area (Å²) in [6, 6.07) is 8.88. The Labute approximate surface area is 191 Å². The van der Waals surface area contributed by atoms with Crippen LogP contribution < -0.4 is 14.4 Å². The third kappa shape index (κ3) is 7.62. The minimum atomic E-state index is -3.67. The maximum atomic E-state index is 12.2. The first-order chi connectivity index (χ1) is 14.6. The number of halogens is 1. The van der Waals surface area contributed by atoms with E-state index >= 15 is 0 Å². The Morgan fingerprint density at radius 2 is 1.97 bits per heavy atom. The number of hydrogen-bond acceptors (Lipinski definition) is 7. The first-order valence-electron chi connectivity index (χ1n) is 9.84. The van der Waals surface area contributed by atoms with Gasteiger partial charge in [0.1, 0.15) is 12.4 Å². The number of anilines is 1. The molecule has 0 bridgehead atoms. The summed E-state index contributed by atoms with van der Waals surface area (Å²) in [6.07, 6.45) is 0.409. The summed E-state index contributed by atoms with van der Waals surface area (Å²) in [5, 5.41) is 8.04. The molecule has 0 aliphatic carbocycles. The lowest BCUT2D eigenvalue weighted by Gasteiger charge is -2.23. The van der Waals surface area contributed by atoms with Crippen molar-refractivity contribution < 1.29 is 17.9 Å². The molecule has 168 valence electrons. The van der Waals surface area contributed by atoms with Crippen LogP contribution in [0.4, 0.5) is 5.82 Å². The number of amides is 1. The van der Waals surface area contributed by atoms with E-state index in [2.05, 4.69) is 32.7 Å². The Morgan fingerprint density at radius 1 is 1.23 bits per heavy atom. The summed E-state index contributed by atoms with van der Waals surface area (Å²) >= 11 is 3.49. The fourth-order valence-corrected chi connectivity index (χ4v) is 4.14. The molecule has 0 aliphatic heterocycles. The number of nitrogens with zero attached hydrogens (tertiary/aromatic N) is 3. The van der Waals surface area contributed by atoms with E-state index in [4.69, 9.17) is 4.74 Å². The molecule has 0 aliphatic rings. The van der Waals surface area contributed by atoms with Crippen LogP contribution in [0.2, 0.25) is 0 Å². The van der Waals surface area contributed by atoms with Gasteiger partial charge in [0.2, 0.25) is 10.0 Å². The monoisotopic (exact) mass is 510 g/mol. The van der Waals surface area contributed by atoms with Gasteiger partial charge in [-0.25, -0.2) is 13.1 Å². The zero-order chi connectivity index (χ0) is 23.0. The highest BCUT2D eigenvalue weighted by atomic mass is 79.9. The molecular formula is C21H27BrN4O4S. The van der Waals surface area contributed by atoms with Crippen molar-refractivity contribution >= 4 is 37.7 Å². The van der Waals surface area contributed by atoms with Crippen molar-refractivity contribution in [2.75, 3.05) is 23.8 Å². The molecule has 0 fully saturated rings. The first kappa shape index (κ1) is 24.8. The van der Waals surface area contributed by atoms with Crippen molar-refractivity contribution in [2.24, 2.45) is 0 Å². The van der Waals surface area contributed by atoms with E-state index in [1.807, 2.05) is 41.7 Å². The molecule has 0 spiro atoms. The average Bonchev–Trinajstić information content (AvgIpc) is 2.71. The van der Waals surface area contributed by atoms with Crippen LogP contribution in [0.3, 0.4) is 0 Å². The minimum absolute atomic E-state index is 0.0626. The quantitative estimate of drug-likeness (QED) is 0.459. The topological polar surface area (TPSA) is 101 Å². The first-order valence-corrected chi connectivity index (χ1v) is 12.3. The van der Waals surface area contributed by atoms with E-state index in [0.29, 0.717) is 31.9 Å². The minimum Gasteiger partial charge on any atom is -0.489 e. The van der Waals surface area contributed by atoms with Crippen molar-refractivity contribution in [1.29, 1.82) is 0 Å². The van der Waals surface area contributed by atoms with Gasteiger partial charge in [-0.2, -0.15) is 0 Å². The fourth-order valence-electron chi connectivity index (χ4n) is 2.70. The highest BCUT2D eigenvalue weighted by molar-refractivity contribution is 9.10. The number of carbonyl (C=O) groups is 1. The van der Waals surface area contributed by atoms with Gasteiger partial charge in [0, 0.05) is 23.1 Å². The van der Waals surface area contributed by atoms with Crippen LogP contribution >= 0.6 is 15.9 Å².